The zero-order valence-corrected chi connectivity index (χ0v) is 17.0. The van der Waals surface area contributed by atoms with Crippen molar-refractivity contribution in [3.05, 3.63) is 29.8 Å². The molecule has 2 unspecified atom stereocenters. The quantitative estimate of drug-likeness (QED) is 0.810. The first kappa shape index (κ1) is 23.0. The van der Waals surface area contributed by atoms with Crippen LogP contribution in [-0.4, -0.2) is 37.7 Å². The van der Waals surface area contributed by atoms with Gasteiger partial charge in [0.25, 0.3) is 0 Å². The third-order valence-corrected chi connectivity index (χ3v) is 5.37. The topological polar surface area (TPSA) is 67.6 Å². The van der Waals surface area contributed by atoms with Crippen molar-refractivity contribution in [1.82, 2.24) is 5.32 Å². The number of nitrogens with one attached hydrogen (secondary N) is 1. The highest BCUT2D eigenvalue weighted by Crippen LogP contribution is 2.32. The zero-order valence-electron chi connectivity index (χ0n) is 15.4. The number of carbonyl (C=O) groups is 1. The van der Waals surface area contributed by atoms with E-state index in [9.17, 15) is 4.79 Å². The van der Waals surface area contributed by atoms with Crippen molar-refractivity contribution in [2.24, 2.45) is 11.7 Å². The van der Waals surface area contributed by atoms with Gasteiger partial charge in [-0.15, -0.1) is 24.8 Å². The molecule has 1 heterocycles. The van der Waals surface area contributed by atoms with Gasteiger partial charge in [0.05, 0.1) is 19.1 Å². The maximum Gasteiger partial charge on any atom is 0.225 e. The van der Waals surface area contributed by atoms with E-state index in [1.54, 1.807) is 0 Å². The van der Waals surface area contributed by atoms with Gasteiger partial charge in [-0.05, 0) is 31.4 Å². The number of carbonyl (C=O) groups excluding carboxylic acids is 1. The number of anilines is 1. The fourth-order valence-electron chi connectivity index (χ4n) is 3.87. The van der Waals surface area contributed by atoms with Gasteiger partial charge in [-0.2, -0.15) is 0 Å². The number of morpholine rings is 1. The van der Waals surface area contributed by atoms with Crippen LogP contribution in [0.2, 0.25) is 0 Å². The van der Waals surface area contributed by atoms with Gasteiger partial charge < -0.3 is 20.7 Å². The van der Waals surface area contributed by atoms with Crippen molar-refractivity contribution in [3.63, 3.8) is 0 Å². The maximum atomic E-state index is 12.6. The minimum atomic E-state index is -0.383. The average molecular weight is 404 g/mol. The lowest BCUT2D eigenvalue weighted by Gasteiger charge is -2.37. The molecule has 0 radical (unpaired) electrons. The Labute approximate surface area is 168 Å². The fraction of sp³-hybridized carbons (Fsp3) is 0.632. The van der Waals surface area contributed by atoms with Crippen LogP contribution in [0.4, 0.5) is 5.69 Å². The first-order valence-corrected chi connectivity index (χ1v) is 9.05. The van der Waals surface area contributed by atoms with E-state index < -0.39 is 0 Å². The fourth-order valence-corrected chi connectivity index (χ4v) is 3.87. The Bertz CT molecular complexity index is 578. The summed E-state index contributed by atoms with van der Waals surface area (Å²) in [6.45, 7) is 5.88. The maximum absolute atomic E-state index is 12.6. The Hall–Kier alpha value is -1.01. The first-order chi connectivity index (χ1) is 11.6. The molecule has 1 saturated carbocycles. The van der Waals surface area contributed by atoms with Crippen LogP contribution in [0.1, 0.15) is 38.2 Å². The van der Waals surface area contributed by atoms with E-state index in [0.29, 0.717) is 6.54 Å². The van der Waals surface area contributed by atoms with Crippen molar-refractivity contribution >= 4 is 36.4 Å². The summed E-state index contributed by atoms with van der Waals surface area (Å²) in [5, 5.41) is 3.13. The highest BCUT2D eigenvalue weighted by atomic mass is 35.5. The van der Waals surface area contributed by atoms with Crippen LogP contribution in [0.5, 0.6) is 0 Å². The molecule has 148 valence electrons. The molecule has 1 aromatic rings. The Morgan fingerprint density at radius 2 is 1.96 bits per heavy atom. The number of ether oxygens (including phenoxy) is 1. The van der Waals surface area contributed by atoms with Gasteiger partial charge in [-0.25, -0.2) is 0 Å². The summed E-state index contributed by atoms with van der Waals surface area (Å²) in [4.78, 5) is 15.0. The van der Waals surface area contributed by atoms with Crippen molar-refractivity contribution in [2.45, 2.75) is 44.7 Å². The summed E-state index contributed by atoms with van der Waals surface area (Å²) in [7, 11) is 0. The van der Waals surface area contributed by atoms with E-state index >= 15 is 0 Å². The van der Waals surface area contributed by atoms with E-state index in [4.69, 9.17) is 10.5 Å². The number of para-hydroxylation sites is 1. The minimum absolute atomic E-state index is 0. The molecule has 1 saturated heterocycles. The summed E-state index contributed by atoms with van der Waals surface area (Å²) in [6, 6.07) is 8.29. The lowest BCUT2D eigenvalue weighted by atomic mass is 9.74. The normalized spacial score (nSPS) is 25.6. The smallest absolute Gasteiger partial charge is 0.225 e. The standard InChI is InChI=1S/C19H29N3O2.2ClH/c1-19(20)9-5-4-7-16(19)18(23)21-14-15-6-2-3-8-17(15)22-10-12-24-13-11-22;;/h2-3,6,8,16H,4-5,7,9-14,20H2,1H3,(H,21,23);2*1H. The second kappa shape index (κ2) is 10.4. The number of halogens is 2. The van der Waals surface area contributed by atoms with Crippen LogP contribution in [0.25, 0.3) is 0 Å². The molecule has 26 heavy (non-hydrogen) atoms. The molecule has 2 aliphatic rings. The molecule has 7 heteroatoms. The number of nitrogens with zero attached hydrogens (tertiary/aromatic N) is 1. The van der Waals surface area contributed by atoms with Crippen LogP contribution < -0.4 is 16.0 Å². The van der Waals surface area contributed by atoms with Crippen molar-refractivity contribution in [1.29, 1.82) is 0 Å². The Balaban J connectivity index is 0.00000169. The number of hydrogen-bond acceptors (Lipinski definition) is 4. The molecular weight excluding hydrogens is 373 g/mol. The molecule has 2 atom stereocenters. The summed E-state index contributed by atoms with van der Waals surface area (Å²) in [5.41, 5.74) is 8.32. The van der Waals surface area contributed by atoms with Gasteiger partial charge in [0.1, 0.15) is 0 Å². The van der Waals surface area contributed by atoms with Gasteiger partial charge in [-0.3, -0.25) is 4.79 Å². The first-order valence-electron chi connectivity index (χ1n) is 9.05. The summed E-state index contributed by atoms with van der Waals surface area (Å²) >= 11 is 0. The van der Waals surface area contributed by atoms with Crippen LogP contribution >= 0.6 is 24.8 Å². The molecule has 1 aromatic carbocycles. The molecule has 0 bridgehead atoms. The molecule has 5 nitrogen and oxygen atoms in total. The third-order valence-electron chi connectivity index (χ3n) is 5.37. The minimum Gasteiger partial charge on any atom is -0.378 e. The van der Waals surface area contributed by atoms with Crippen molar-refractivity contribution in [3.8, 4) is 0 Å². The van der Waals surface area contributed by atoms with E-state index in [2.05, 4.69) is 22.3 Å². The molecule has 0 aromatic heterocycles. The molecule has 3 N–H and O–H groups in total. The van der Waals surface area contributed by atoms with Gasteiger partial charge in [0, 0.05) is 30.9 Å². The Kier molecular flexibility index (Phi) is 9.17. The Morgan fingerprint density at radius 3 is 2.65 bits per heavy atom. The largest absolute Gasteiger partial charge is 0.378 e. The Morgan fingerprint density at radius 1 is 1.27 bits per heavy atom. The van der Waals surface area contributed by atoms with E-state index in [1.165, 1.54) is 5.69 Å². The van der Waals surface area contributed by atoms with Crippen LogP contribution in [-0.2, 0) is 16.1 Å². The second-order valence-corrected chi connectivity index (χ2v) is 7.25. The van der Waals surface area contributed by atoms with Gasteiger partial charge in [0.15, 0.2) is 0 Å². The monoisotopic (exact) mass is 403 g/mol. The summed E-state index contributed by atoms with van der Waals surface area (Å²) in [5.74, 6) is 0.0123. The van der Waals surface area contributed by atoms with Gasteiger partial charge >= 0.3 is 0 Å². The predicted octanol–water partition coefficient (Wildman–Crippen LogP) is 2.89. The molecule has 0 spiro atoms. The van der Waals surface area contributed by atoms with Crippen molar-refractivity contribution < 1.29 is 9.53 Å². The highest BCUT2D eigenvalue weighted by Gasteiger charge is 2.37. The SMILES string of the molecule is CC1(N)CCCCC1C(=O)NCc1ccccc1N1CCOCC1.Cl.Cl. The number of benzene rings is 1. The summed E-state index contributed by atoms with van der Waals surface area (Å²) < 4.78 is 5.44. The molecule has 1 aliphatic carbocycles. The zero-order chi connectivity index (χ0) is 17.0. The van der Waals surface area contributed by atoms with E-state index in [0.717, 1.165) is 57.6 Å². The van der Waals surface area contributed by atoms with E-state index in [-0.39, 0.29) is 42.2 Å². The number of rotatable bonds is 4. The average Bonchev–Trinajstić information content (AvgIpc) is 2.60. The van der Waals surface area contributed by atoms with Crippen LogP contribution in [0, 0.1) is 5.92 Å². The predicted molar refractivity (Wildman–Crippen MR) is 110 cm³/mol. The van der Waals surface area contributed by atoms with Gasteiger partial charge in [-0.1, -0.05) is 31.0 Å². The van der Waals surface area contributed by atoms with Crippen molar-refractivity contribution in [2.75, 3.05) is 31.2 Å². The molecule has 2 fully saturated rings. The van der Waals surface area contributed by atoms with Gasteiger partial charge in [0.2, 0.25) is 5.91 Å². The molecule has 1 aliphatic heterocycles. The third kappa shape index (κ3) is 5.49. The lowest BCUT2D eigenvalue weighted by Crippen LogP contribution is -2.52. The molecule has 3 rings (SSSR count). The van der Waals surface area contributed by atoms with Crippen LogP contribution in [0.15, 0.2) is 24.3 Å². The number of amides is 1. The molecule has 1 amide bonds. The van der Waals surface area contributed by atoms with E-state index in [1.807, 2.05) is 19.1 Å². The summed E-state index contributed by atoms with van der Waals surface area (Å²) in [6.07, 6.45) is 4.03. The highest BCUT2D eigenvalue weighted by molar-refractivity contribution is 5.85. The molecular formula is C19H31Cl2N3O2. The lowest BCUT2D eigenvalue weighted by molar-refractivity contribution is -0.128. The van der Waals surface area contributed by atoms with Crippen LogP contribution in [0.3, 0.4) is 0 Å². The second-order valence-electron chi connectivity index (χ2n) is 7.25. The number of hydrogen-bond donors (Lipinski definition) is 2. The number of nitrogens with two attached hydrogens (primary N) is 1.